The van der Waals surface area contributed by atoms with Crippen molar-refractivity contribution in [1.29, 1.82) is 0 Å². The van der Waals surface area contributed by atoms with E-state index in [-0.39, 0.29) is 11.8 Å². The number of rotatable bonds is 4. The summed E-state index contributed by atoms with van der Waals surface area (Å²) in [7, 11) is 0. The lowest BCUT2D eigenvalue weighted by Gasteiger charge is -2.37. The Balaban J connectivity index is 2.08. The van der Waals surface area contributed by atoms with E-state index in [0.717, 1.165) is 25.1 Å². The summed E-state index contributed by atoms with van der Waals surface area (Å²) >= 11 is 0. The van der Waals surface area contributed by atoms with Crippen molar-refractivity contribution in [2.75, 3.05) is 19.8 Å². The molecule has 3 nitrogen and oxygen atoms in total. The van der Waals surface area contributed by atoms with Crippen LogP contribution >= 0.6 is 0 Å². The monoisotopic (exact) mass is 261 g/mol. The lowest BCUT2D eigenvalue weighted by atomic mass is 10.0. The van der Waals surface area contributed by atoms with Crippen LogP contribution in [0.4, 0.5) is 0 Å². The van der Waals surface area contributed by atoms with E-state index in [1.165, 1.54) is 5.56 Å². The molecule has 1 fully saturated rings. The standard InChI is InChI=1S/C16H23NO2/c1-4-14-5-7-15(8-6-14)16(18)13(3)17-9-10-19-11-12(17)2/h5-8,12-13H,4,9-11H2,1-3H3. The van der Waals surface area contributed by atoms with Crippen molar-refractivity contribution in [3.63, 3.8) is 0 Å². The minimum atomic E-state index is -0.0774. The van der Waals surface area contributed by atoms with Gasteiger partial charge in [-0.15, -0.1) is 0 Å². The van der Waals surface area contributed by atoms with E-state index >= 15 is 0 Å². The Morgan fingerprint density at radius 3 is 2.68 bits per heavy atom. The summed E-state index contributed by atoms with van der Waals surface area (Å²) in [6, 6.07) is 8.21. The number of aryl methyl sites for hydroxylation is 1. The summed E-state index contributed by atoms with van der Waals surface area (Å²) in [6.07, 6.45) is 1.00. The van der Waals surface area contributed by atoms with Gasteiger partial charge in [0, 0.05) is 18.2 Å². The normalized spacial score (nSPS) is 22.2. The van der Waals surface area contributed by atoms with Crippen molar-refractivity contribution in [3.8, 4) is 0 Å². The Morgan fingerprint density at radius 1 is 1.42 bits per heavy atom. The number of ketones is 1. The number of carbonyl (C=O) groups is 1. The fraction of sp³-hybridized carbons (Fsp3) is 0.562. The molecule has 0 aliphatic carbocycles. The van der Waals surface area contributed by atoms with Crippen molar-refractivity contribution in [1.82, 2.24) is 4.90 Å². The van der Waals surface area contributed by atoms with Crippen molar-refractivity contribution in [2.24, 2.45) is 0 Å². The first-order valence-corrected chi connectivity index (χ1v) is 7.10. The Kier molecular flexibility index (Phi) is 4.72. The zero-order valence-electron chi connectivity index (χ0n) is 12.1. The van der Waals surface area contributed by atoms with Crippen LogP contribution in [0.15, 0.2) is 24.3 Å². The number of ether oxygens (including phenoxy) is 1. The maximum atomic E-state index is 12.5. The van der Waals surface area contributed by atoms with Gasteiger partial charge in [-0.2, -0.15) is 0 Å². The van der Waals surface area contributed by atoms with Gasteiger partial charge in [-0.25, -0.2) is 0 Å². The summed E-state index contributed by atoms with van der Waals surface area (Å²) in [4.78, 5) is 14.7. The molecule has 19 heavy (non-hydrogen) atoms. The summed E-state index contributed by atoms with van der Waals surface area (Å²) in [6.45, 7) is 8.50. The summed E-state index contributed by atoms with van der Waals surface area (Å²) < 4.78 is 5.42. The minimum absolute atomic E-state index is 0.0774. The second-order valence-corrected chi connectivity index (χ2v) is 5.25. The zero-order valence-corrected chi connectivity index (χ0v) is 12.1. The number of carbonyl (C=O) groups excluding carboxylic acids is 1. The molecule has 104 valence electrons. The molecular formula is C16H23NO2. The number of benzene rings is 1. The van der Waals surface area contributed by atoms with Crippen LogP contribution in [-0.4, -0.2) is 42.5 Å². The van der Waals surface area contributed by atoms with Crippen LogP contribution in [0.25, 0.3) is 0 Å². The van der Waals surface area contributed by atoms with E-state index in [1.54, 1.807) is 0 Å². The van der Waals surface area contributed by atoms with E-state index in [2.05, 4.69) is 18.7 Å². The third-order valence-electron chi connectivity index (χ3n) is 3.94. The molecule has 2 atom stereocenters. The highest BCUT2D eigenvalue weighted by atomic mass is 16.5. The topological polar surface area (TPSA) is 29.5 Å². The summed E-state index contributed by atoms with van der Waals surface area (Å²) in [5.41, 5.74) is 2.08. The molecule has 0 saturated carbocycles. The third-order valence-corrected chi connectivity index (χ3v) is 3.94. The third kappa shape index (κ3) is 3.23. The van der Waals surface area contributed by atoms with Gasteiger partial charge < -0.3 is 4.74 Å². The zero-order chi connectivity index (χ0) is 13.8. The van der Waals surface area contributed by atoms with Crippen LogP contribution in [-0.2, 0) is 11.2 Å². The molecule has 3 heteroatoms. The number of morpholine rings is 1. The second-order valence-electron chi connectivity index (χ2n) is 5.25. The Morgan fingerprint density at radius 2 is 2.11 bits per heavy atom. The molecule has 0 spiro atoms. The predicted molar refractivity (Wildman–Crippen MR) is 76.6 cm³/mol. The van der Waals surface area contributed by atoms with Crippen LogP contribution in [0.3, 0.4) is 0 Å². The Hall–Kier alpha value is -1.19. The number of nitrogens with zero attached hydrogens (tertiary/aromatic N) is 1. The maximum absolute atomic E-state index is 12.5. The lowest BCUT2D eigenvalue weighted by Crippen LogP contribution is -2.51. The average molecular weight is 261 g/mol. The molecule has 0 N–H and O–H groups in total. The Labute approximate surface area is 115 Å². The van der Waals surface area contributed by atoms with Crippen molar-refractivity contribution >= 4 is 5.78 Å². The van der Waals surface area contributed by atoms with Gasteiger partial charge in [0.1, 0.15) is 0 Å². The number of hydrogen-bond acceptors (Lipinski definition) is 3. The molecule has 1 aromatic rings. The summed E-state index contributed by atoms with van der Waals surface area (Å²) in [5, 5.41) is 0. The molecule has 0 aromatic heterocycles. The molecule has 1 aliphatic rings. The molecule has 1 saturated heterocycles. The van der Waals surface area contributed by atoms with Gasteiger partial charge in [0.15, 0.2) is 5.78 Å². The van der Waals surface area contributed by atoms with E-state index in [4.69, 9.17) is 4.74 Å². The van der Waals surface area contributed by atoms with Gasteiger partial charge in [-0.3, -0.25) is 9.69 Å². The van der Waals surface area contributed by atoms with E-state index in [0.29, 0.717) is 12.6 Å². The van der Waals surface area contributed by atoms with Crippen LogP contribution in [0, 0.1) is 0 Å². The van der Waals surface area contributed by atoms with Crippen molar-refractivity contribution in [2.45, 2.75) is 39.3 Å². The molecule has 1 aliphatic heterocycles. The van der Waals surface area contributed by atoms with Gasteiger partial charge in [-0.1, -0.05) is 31.2 Å². The van der Waals surface area contributed by atoms with Crippen molar-refractivity contribution < 1.29 is 9.53 Å². The first-order chi connectivity index (χ1) is 9.13. The molecule has 1 heterocycles. The van der Waals surface area contributed by atoms with E-state index < -0.39 is 0 Å². The molecule has 2 rings (SSSR count). The summed E-state index contributed by atoms with van der Waals surface area (Å²) in [5.74, 6) is 0.205. The Bertz CT molecular complexity index is 427. The highest BCUT2D eigenvalue weighted by Gasteiger charge is 2.28. The SMILES string of the molecule is CCc1ccc(C(=O)C(C)N2CCOCC2C)cc1. The molecule has 0 bridgehead atoms. The fourth-order valence-corrected chi connectivity index (χ4v) is 2.61. The van der Waals surface area contributed by atoms with Gasteiger partial charge in [-0.05, 0) is 25.8 Å². The average Bonchev–Trinajstić information content (AvgIpc) is 2.46. The maximum Gasteiger partial charge on any atom is 0.179 e. The molecule has 1 aromatic carbocycles. The molecule has 2 unspecified atom stereocenters. The quantitative estimate of drug-likeness (QED) is 0.780. The van der Waals surface area contributed by atoms with E-state index in [1.807, 2.05) is 31.2 Å². The first-order valence-electron chi connectivity index (χ1n) is 7.10. The number of hydrogen-bond donors (Lipinski definition) is 0. The first kappa shape index (κ1) is 14.2. The highest BCUT2D eigenvalue weighted by Crippen LogP contribution is 2.15. The van der Waals surface area contributed by atoms with Crippen LogP contribution in [0.5, 0.6) is 0 Å². The lowest BCUT2D eigenvalue weighted by molar-refractivity contribution is -0.0143. The molecule has 0 radical (unpaired) electrons. The van der Waals surface area contributed by atoms with Crippen molar-refractivity contribution in [3.05, 3.63) is 35.4 Å². The highest BCUT2D eigenvalue weighted by molar-refractivity contribution is 5.99. The second kappa shape index (κ2) is 6.31. The minimum Gasteiger partial charge on any atom is -0.379 e. The smallest absolute Gasteiger partial charge is 0.179 e. The predicted octanol–water partition coefficient (Wildman–Crippen LogP) is 2.54. The van der Waals surface area contributed by atoms with Gasteiger partial charge in [0.25, 0.3) is 0 Å². The molecule has 0 amide bonds. The van der Waals surface area contributed by atoms with Gasteiger partial charge >= 0.3 is 0 Å². The van der Waals surface area contributed by atoms with E-state index in [9.17, 15) is 4.79 Å². The largest absolute Gasteiger partial charge is 0.379 e. The number of Topliss-reactive ketones (excluding diaryl/α,β-unsaturated/α-hetero) is 1. The fourth-order valence-electron chi connectivity index (χ4n) is 2.61. The van der Waals surface area contributed by atoms with Crippen LogP contribution < -0.4 is 0 Å². The van der Waals surface area contributed by atoms with Gasteiger partial charge in [0.05, 0.1) is 19.3 Å². The van der Waals surface area contributed by atoms with Crippen LogP contribution in [0.1, 0.15) is 36.7 Å². The van der Waals surface area contributed by atoms with Gasteiger partial charge in [0.2, 0.25) is 0 Å². The van der Waals surface area contributed by atoms with Crippen LogP contribution in [0.2, 0.25) is 0 Å². The molecular weight excluding hydrogens is 238 g/mol.